The van der Waals surface area contributed by atoms with Crippen molar-refractivity contribution in [2.45, 2.75) is 6.54 Å². The highest BCUT2D eigenvalue weighted by atomic mass is 79.9. The molecule has 0 amide bonds. The molecule has 112 valence electrons. The predicted molar refractivity (Wildman–Crippen MR) is 80.9 cm³/mol. The van der Waals surface area contributed by atoms with Gasteiger partial charge in [-0.3, -0.25) is 0 Å². The number of ether oxygens (including phenoxy) is 2. The molecule has 2 rings (SSSR count). The van der Waals surface area contributed by atoms with Gasteiger partial charge in [-0.15, -0.1) is 0 Å². The molecule has 0 aliphatic rings. The molecule has 6 heteroatoms. The van der Waals surface area contributed by atoms with E-state index in [0.717, 1.165) is 16.1 Å². The van der Waals surface area contributed by atoms with Crippen LogP contribution in [0, 0.1) is 11.6 Å². The van der Waals surface area contributed by atoms with Crippen LogP contribution in [0.5, 0.6) is 11.5 Å². The van der Waals surface area contributed by atoms with Gasteiger partial charge in [0.2, 0.25) is 0 Å². The largest absolute Gasteiger partial charge is 0.493 e. The monoisotopic (exact) mass is 357 g/mol. The summed E-state index contributed by atoms with van der Waals surface area (Å²) in [4.78, 5) is 0. The van der Waals surface area contributed by atoms with Crippen molar-refractivity contribution in [2.24, 2.45) is 0 Å². The average molecular weight is 358 g/mol. The molecule has 0 spiro atoms. The molecule has 0 saturated heterocycles. The highest BCUT2D eigenvalue weighted by molar-refractivity contribution is 9.10. The Bertz CT molecular complexity index is 650. The maximum atomic E-state index is 13.6. The molecule has 0 atom stereocenters. The van der Waals surface area contributed by atoms with Crippen LogP contribution in [-0.4, -0.2) is 14.2 Å². The van der Waals surface area contributed by atoms with E-state index in [1.165, 1.54) is 19.2 Å². The van der Waals surface area contributed by atoms with Crippen molar-refractivity contribution >= 4 is 21.6 Å². The molecule has 0 fully saturated rings. The summed E-state index contributed by atoms with van der Waals surface area (Å²) in [6.07, 6.45) is 0. The number of halogens is 3. The second kappa shape index (κ2) is 6.76. The molecule has 0 unspecified atom stereocenters. The van der Waals surface area contributed by atoms with Gasteiger partial charge in [0.1, 0.15) is 0 Å². The van der Waals surface area contributed by atoms with Crippen LogP contribution in [0.3, 0.4) is 0 Å². The highest BCUT2D eigenvalue weighted by Crippen LogP contribution is 2.36. The Morgan fingerprint density at radius 2 is 1.90 bits per heavy atom. The lowest BCUT2D eigenvalue weighted by atomic mass is 10.2. The van der Waals surface area contributed by atoms with E-state index < -0.39 is 11.6 Å². The van der Waals surface area contributed by atoms with Crippen molar-refractivity contribution in [1.82, 2.24) is 0 Å². The van der Waals surface area contributed by atoms with E-state index in [1.54, 1.807) is 13.2 Å². The molecule has 2 aromatic rings. The predicted octanol–water partition coefficient (Wildman–Crippen LogP) is 4.36. The second-order valence-electron chi connectivity index (χ2n) is 4.27. The summed E-state index contributed by atoms with van der Waals surface area (Å²) >= 11 is 3.38. The maximum Gasteiger partial charge on any atom is 0.181 e. The standard InChI is InChI=1S/C15H14BrF2NO2/c1-20-13-7-9(6-10(16)15(13)21-2)8-19-12-5-3-4-11(17)14(12)18/h3-7,19H,8H2,1-2H3. The normalized spacial score (nSPS) is 10.3. The SMILES string of the molecule is COc1cc(CNc2cccc(F)c2F)cc(Br)c1OC. The fourth-order valence-corrected chi connectivity index (χ4v) is 2.56. The lowest BCUT2D eigenvalue weighted by Gasteiger charge is -2.13. The Balaban J connectivity index is 2.20. The molecule has 0 heterocycles. The summed E-state index contributed by atoms with van der Waals surface area (Å²) in [6, 6.07) is 7.60. The highest BCUT2D eigenvalue weighted by Gasteiger charge is 2.11. The Hall–Kier alpha value is -1.82. The first kappa shape index (κ1) is 15.6. The van der Waals surface area contributed by atoms with Gasteiger partial charge in [0, 0.05) is 6.54 Å². The topological polar surface area (TPSA) is 30.5 Å². The number of methoxy groups -OCH3 is 2. The maximum absolute atomic E-state index is 13.6. The van der Waals surface area contributed by atoms with E-state index in [0.29, 0.717) is 18.0 Å². The van der Waals surface area contributed by atoms with Crippen LogP contribution in [-0.2, 0) is 6.54 Å². The van der Waals surface area contributed by atoms with E-state index in [-0.39, 0.29) is 5.69 Å². The van der Waals surface area contributed by atoms with Crippen molar-refractivity contribution in [1.29, 1.82) is 0 Å². The van der Waals surface area contributed by atoms with Gasteiger partial charge in [-0.05, 0) is 45.8 Å². The summed E-state index contributed by atoms with van der Waals surface area (Å²) < 4.78 is 37.9. The smallest absolute Gasteiger partial charge is 0.181 e. The first-order valence-corrected chi connectivity index (χ1v) is 6.94. The molecular weight excluding hydrogens is 344 g/mol. The molecule has 0 aliphatic heterocycles. The average Bonchev–Trinajstić information content (AvgIpc) is 2.48. The number of benzene rings is 2. The summed E-state index contributed by atoms with van der Waals surface area (Å²) in [6.45, 7) is 0.319. The van der Waals surface area contributed by atoms with Crippen molar-refractivity contribution in [3.63, 3.8) is 0 Å². The fourth-order valence-electron chi connectivity index (χ4n) is 1.91. The molecule has 2 aromatic carbocycles. The molecule has 1 N–H and O–H groups in total. The third kappa shape index (κ3) is 3.44. The van der Waals surface area contributed by atoms with Gasteiger partial charge in [-0.2, -0.15) is 0 Å². The Labute approximate surface area is 130 Å². The number of rotatable bonds is 5. The molecule has 0 aromatic heterocycles. The quantitative estimate of drug-likeness (QED) is 0.862. The number of hydrogen-bond acceptors (Lipinski definition) is 3. The van der Waals surface area contributed by atoms with Crippen molar-refractivity contribution < 1.29 is 18.3 Å². The Kier molecular flexibility index (Phi) is 5.01. The number of nitrogens with one attached hydrogen (secondary N) is 1. The first-order chi connectivity index (χ1) is 10.1. The van der Waals surface area contributed by atoms with Crippen LogP contribution in [0.1, 0.15) is 5.56 Å². The Morgan fingerprint density at radius 1 is 1.14 bits per heavy atom. The van der Waals surface area contributed by atoms with E-state index >= 15 is 0 Å². The van der Waals surface area contributed by atoms with Gasteiger partial charge in [0.15, 0.2) is 23.1 Å². The van der Waals surface area contributed by atoms with Crippen molar-refractivity contribution in [2.75, 3.05) is 19.5 Å². The van der Waals surface area contributed by atoms with Crippen molar-refractivity contribution in [3.8, 4) is 11.5 Å². The van der Waals surface area contributed by atoms with Gasteiger partial charge in [0.05, 0.1) is 24.4 Å². The zero-order chi connectivity index (χ0) is 15.4. The summed E-state index contributed by atoms with van der Waals surface area (Å²) in [5.74, 6) is -0.632. The van der Waals surface area contributed by atoms with E-state index in [9.17, 15) is 8.78 Å². The summed E-state index contributed by atoms with van der Waals surface area (Å²) in [5.41, 5.74) is 0.948. The number of anilines is 1. The summed E-state index contributed by atoms with van der Waals surface area (Å²) in [7, 11) is 3.08. The third-order valence-electron chi connectivity index (χ3n) is 2.93. The van der Waals surface area contributed by atoms with Gasteiger partial charge >= 0.3 is 0 Å². The van der Waals surface area contributed by atoms with Crippen LogP contribution < -0.4 is 14.8 Å². The van der Waals surface area contributed by atoms with Crippen LogP contribution in [0.4, 0.5) is 14.5 Å². The molecular formula is C15H14BrF2NO2. The first-order valence-electron chi connectivity index (χ1n) is 6.15. The lowest BCUT2D eigenvalue weighted by Crippen LogP contribution is -2.03. The van der Waals surface area contributed by atoms with Crippen LogP contribution >= 0.6 is 15.9 Å². The molecule has 0 bridgehead atoms. The zero-order valence-corrected chi connectivity index (χ0v) is 13.1. The minimum absolute atomic E-state index is 0.112. The molecule has 21 heavy (non-hydrogen) atoms. The van der Waals surface area contributed by atoms with Crippen LogP contribution in [0.25, 0.3) is 0 Å². The second-order valence-corrected chi connectivity index (χ2v) is 5.12. The van der Waals surface area contributed by atoms with Crippen molar-refractivity contribution in [3.05, 3.63) is 52.0 Å². The Morgan fingerprint density at radius 3 is 2.57 bits per heavy atom. The fraction of sp³-hybridized carbons (Fsp3) is 0.200. The van der Waals surface area contributed by atoms with Gasteiger partial charge in [0.25, 0.3) is 0 Å². The molecule has 0 radical (unpaired) electrons. The number of hydrogen-bond donors (Lipinski definition) is 1. The summed E-state index contributed by atoms with van der Waals surface area (Å²) in [5, 5.41) is 2.85. The molecule has 3 nitrogen and oxygen atoms in total. The minimum atomic E-state index is -0.892. The van der Waals surface area contributed by atoms with Gasteiger partial charge in [-0.1, -0.05) is 6.07 Å². The van der Waals surface area contributed by atoms with Crippen LogP contribution in [0.2, 0.25) is 0 Å². The molecule has 0 saturated carbocycles. The van der Waals surface area contributed by atoms with Gasteiger partial charge in [-0.25, -0.2) is 8.78 Å². The van der Waals surface area contributed by atoms with E-state index in [4.69, 9.17) is 9.47 Å². The van der Waals surface area contributed by atoms with Crippen LogP contribution in [0.15, 0.2) is 34.8 Å². The van der Waals surface area contributed by atoms with Gasteiger partial charge < -0.3 is 14.8 Å². The van der Waals surface area contributed by atoms with E-state index in [2.05, 4.69) is 21.2 Å². The third-order valence-corrected chi connectivity index (χ3v) is 3.52. The van der Waals surface area contributed by atoms with E-state index in [1.807, 2.05) is 6.07 Å². The lowest BCUT2D eigenvalue weighted by molar-refractivity contribution is 0.352. The minimum Gasteiger partial charge on any atom is -0.493 e. The zero-order valence-electron chi connectivity index (χ0n) is 11.5. The molecule has 0 aliphatic carbocycles.